The van der Waals surface area contributed by atoms with Crippen molar-refractivity contribution < 1.29 is 19.7 Å². The third-order valence-corrected chi connectivity index (χ3v) is 7.39. The Labute approximate surface area is 161 Å². The van der Waals surface area contributed by atoms with Crippen LogP contribution in [0.4, 0.5) is 0 Å². The van der Waals surface area contributed by atoms with E-state index in [0.717, 1.165) is 30.1 Å². The Morgan fingerprint density at radius 1 is 1.30 bits per heavy atom. The SMILES string of the molecule is COc1c(O)ccc(C)c1[C@]12CCN(CC3CC3)[C@H](C)[C@]1(O)CCC(=O)C2. The lowest BCUT2D eigenvalue weighted by Crippen LogP contribution is -2.70. The van der Waals surface area contributed by atoms with E-state index in [1.165, 1.54) is 12.8 Å². The first kappa shape index (κ1) is 18.8. The fourth-order valence-corrected chi connectivity index (χ4v) is 5.67. The van der Waals surface area contributed by atoms with Gasteiger partial charge in [0.05, 0.1) is 12.7 Å². The molecule has 3 fully saturated rings. The van der Waals surface area contributed by atoms with Crippen LogP contribution in [0, 0.1) is 12.8 Å². The molecule has 1 aliphatic heterocycles. The molecule has 1 aromatic carbocycles. The number of ketones is 1. The number of carbonyl (C=O) groups excluding carboxylic acids is 1. The summed E-state index contributed by atoms with van der Waals surface area (Å²) in [6.07, 6.45) is 4.46. The molecule has 5 nitrogen and oxygen atoms in total. The summed E-state index contributed by atoms with van der Waals surface area (Å²) < 4.78 is 5.58. The van der Waals surface area contributed by atoms with E-state index in [1.54, 1.807) is 13.2 Å². The van der Waals surface area contributed by atoms with Gasteiger partial charge in [-0.05, 0) is 63.6 Å². The summed E-state index contributed by atoms with van der Waals surface area (Å²) in [5, 5.41) is 22.5. The number of nitrogens with zero attached hydrogens (tertiary/aromatic N) is 1. The van der Waals surface area contributed by atoms with Crippen molar-refractivity contribution in [2.75, 3.05) is 20.2 Å². The van der Waals surface area contributed by atoms with Crippen molar-refractivity contribution in [3.05, 3.63) is 23.3 Å². The average Bonchev–Trinajstić information content (AvgIpc) is 3.45. The third-order valence-electron chi connectivity index (χ3n) is 7.39. The van der Waals surface area contributed by atoms with E-state index in [2.05, 4.69) is 11.8 Å². The van der Waals surface area contributed by atoms with Crippen molar-refractivity contribution in [2.45, 2.75) is 69.4 Å². The zero-order chi connectivity index (χ0) is 19.4. The summed E-state index contributed by atoms with van der Waals surface area (Å²) in [6.45, 7) is 5.97. The maximum atomic E-state index is 12.6. The van der Waals surface area contributed by atoms with E-state index in [4.69, 9.17) is 4.74 Å². The van der Waals surface area contributed by atoms with Gasteiger partial charge in [0.1, 0.15) is 5.78 Å². The van der Waals surface area contributed by atoms with Gasteiger partial charge in [0.15, 0.2) is 11.5 Å². The minimum atomic E-state index is -1.01. The fourth-order valence-electron chi connectivity index (χ4n) is 5.67. The molecule has 0 bridgehead atoms. The Morgan fingerprint density at radius 2 is 2.04 bits per heavy atom. The molecule has 0 unspecified atom stereocenters. The van der Waals surface area contributed by atoms with Gasteiger partial charge in [0.2, 0.25) is 0 Å². The molecule has 2 saturated carbocycles. The molecule has 0 aromatic heterocycles. The molecule has 4 rings (SSSR count). The summed E-state index contributed by atoms with van der Waals surface area (Å²) in [5.74, 6) is 1.42. The summed E-state index contributed by atoms with van der Waals surface area (Å²) in [4.78, 5) is 15.0. The normalized spacial score (nSPS) is 34.4. The second-order valence-corrected chi connectivity index (χ2v) is 8.90. The van der Waals surface area contributed by atoms with Crippen molar-refractivity contribution in [1.29, 1.82) is 0 Å². The molecular weight excluding hydrogens is 342 g/mol. The molecule has 5 heteroatoms. The van der Waals surface area contributed by atoms with Crippen LogP contribution in [-0.2, 0) is 10.2 Å². The highest BCUT2D eigenvalue weighted by Gasteiger charge is 2.62. The lowest BCUT2D eigenvalue weighted by Gasteiger charge is -2.60. The van der Waals surface area contributed by atoms with Gasteiger partial charge in [0.25, 0.3) is 0 Å². The fraction of sp³-hybridized carbons (Fsp3) is 0.682. The number of phenols is 1. The largest absolute Gasteiger partial charge is 0.504 e. The van der Waals surface area contributed by atoms with E-state index >= 15 is 0 Å². The van der Waals surface area contributed by atoms with Gasteiger partial charge in [-0.3, -0.25) is 9.69 Å². The highest BCUT2D eigenvalue weighted by Crippen LogP contribution is 2.57. The summed E-state index contributed by atoms with van der Waals surface area (Å²) >= 11 is 0. The number of hydrogen-bond acceptors (Lipinski definition) is 5. The Balaban J connectivity index is 1.85. The number of hydrogen-bond donors (Lipinski definition) is 2. The van der Waals surface area contributed by atoms with E-state index in [-0.39, 0.29) is 17.6 Å². The highest BCUT2D eigenvalue weighted by atomic mass is 16.5. The standard InChI is InChI=1S/C22H31NO4/c1-14-4-7-18(25)20(27-3)19(14)21-10-11-23(13-16-5-6-16)15(2)22(21,26)9-8-17(24)12-21/h4,7,15-16,25-26H,5-6,8-13H2,1-3H3/t15-,21-,22-/m1/s1. The smallest absolute Gasteiger partial charge is 0.164 e. The highest BCUT2D eigenvalue weighted by molar-refractivity contribution is 5.82. The van der Waals surface area contributed by atoms with Crippen LogP contribution in [0.25, 0.3) is 0 Å². The quantitative estimate of drug-likeness (QED) is 0.849. The van der Waals surface area contributed by atoms with Crippen LogP contribution in [0.3, 0.4) is 0 Å². The van der Waals surface area contributed by atoms with E-state index in [1.807, 2.05) is 13.0 Å². The molecule has 27 heavy (non-hydrogen) atoms. The number of piperidine rings is 1. The van der Waals surface area contributed by atoms with Gasteiger partial charge in [-0.15, -0.1) is 0 Å². The number of likely N-dealkylation sites (tertiary alicyclic amines) is 1. The Kier molecular flexibility index (Phi) is 4.51. The first-order valence-corrected chi connectivity index (χ1v) is 10.2. The van der Waals surface area contributed by atoms with Crippen molar-refractivity contribution in [3.63, 3.8) is 0 Å². The van der Waals surface area contributed by atoms with Crippen molar-refractivity contribution >= 4 is 5.78 Å². The first-order chi connectivity index (χ1) is 12.8. The number of aliphatic hydroxyl groups is 1. The maximum absolute atomic E-state index is 12.6. The van der Waals surface area contributed by atoms with Gasteiger partial charge in [-0.2, -0.15) is 0 Å². The Morgan fingerprint density at radius 3 is 2.70 bits per heavy atom. The number of methoxy groups -OCH3 is 1. The molecule has 0 spiro atoms. The van der Waals surface area contributed by atoms with Gasteiger partial charge >= 0.3 is 0 Å². The Hall–Kier alpha value is -1.59. The molecule has 3 aliphatic rings. The second-order valence-electron chi connectivity index (χ2n) is 8.90. The number of ether oxygens (including phenoxy) is 1. The van der Waals surface area contributed by atoms with Crippen LogP contribution in [-0.4, -0.2) is 52.7 Å². The minimum absolute atomic E-state index is 0.0357. The second kappa shape index (κ2) is 6.49. The van der Waals surface area contributed by atoms with Gasteiger partial charge < -0.3 is 14.9 Å². The summed E-state index contributed by atoms with van der Waals surface area (Å²) in [7, 11) is 1.55. The molecule has 1 heterocycles. The predicted molar refractivity (Wildman–Crippen MR) is 103 cm³/mol. The lowest BCUT2D eigenvalue weighted by molar-refractivity contribution is -0.165. The predicted octanol–water partition coefficient (Wildman–Crippen LogP) is 2.94. The van der Waals surface area contributed by atoms with E-state index in [0.29, 0.717) is 31.4 Å². The summed E-state index contributed by atoms with van der Waals surface area (Å²) in [5.41, 5.74) is 0.0506. The average molecular weight is 373 g/mol. The number of phenolic OH excluding ortho intramolecular Hbond substituents is 1. The number of aromatic hydroxyl groups is 1. The minimum Gasteiger partial charge on any atom is -0.504 e. The first-order valence-electron chi connectivity index (χ1n) is 10.2. The van der Waals surface area contributed by atoms with Crippen LogP contribution < -0.4 is 4.74 Å². The number of benzene rings is 1. The topological polar surface area (TPSA) is 70.0 Å². The molecule has 2 aliphatic carbocycles. The van der Waals surface area contributed by atoms with Crippen LogP contribution in [0.5, 0.6) is 11.5 Å². The zero-order valence-corrected chi connectivity index (χ0v) is 16.6. The van der Waals surface area contributed by atoms with Crippen molar-refractivity contribution in [2.24, 2.45) is 5.92 Å². The number of Topliss-reactive ketones (excluding diaryl/α,β-unsaturated/α-hetero) is 1. The molecule has 0 amide bonds. The Bertz CT molecular complexity index is 759. The van der Waals surface area contributed by atoms with Gasteiger partial charge in [-0.1, -0.05) is 6.07 Å². The molecule has 1 aromatic rings. The van der Waals surface area contributed by atoms with Crippen molar-refractivity contribution in [1.82, 2.24) is 4.90 Å². The van der Waals surface area contributed by atoms with Gasteiger partial charge in [-0.25, -0.2) is 0 Å². The van der Waals surface area contributed by atoms with E-state index in [9.17, 15) is 15.0 Å². The third kappa shape index (κ3) is 2.78. The van der Waals surface area contributed by atoms with E-state index < -0.39 is 11.0 Å². The van der Waals surface area contributed by atoms with Crippen LogP contribution >= 0.6 is 0 Å². The van der Waals surface area contributed by atoms with Crippen LogP contribution in [0.1, 0.15) is 56.6 Å². The molecule has 148 valence electrons. The van der Waals surface area contributed by atoms with Crippen molar-refractivity contribution in [3.8, 4) is 11.5 Å². The van der Waals surface area contributed by atoms with Crippen LogP contribution in [0.15, 0.2) is 12.1 Å². The molecular formula is C22H31NO4. The molecule has 1 saturated heterocycles. The molecule has 2 N–H and O–H groups in total. The maximum Gasteiger partial charge on any atom is 0.164 e. The number of carbonyl (C=O) groups is 1. The monoisotopic (exact) mass is 373 g/mol. The number of rotatable bonds is 4. The summed E-state index contributed by atoms with van der Waals surface area (Å²) in [6, 6.07) is 3.46. The number of fused-ring (bicyclic) bond motifs is 1. The lowest BCUT2D eigenvalue weighted by atomic mass is 9.53. The number of aryl methyl sites for hydroxylation is 1. The molecule has 0 radical (unpaired) electrons. The van der Waals surface area contributed by atoms with Gasteiger partial charge in [0, 0.05) is 36.4 Å². The van der Waals surface area contributed by atoms with Crippen LogP contribution in [0.2, 0.25) is 0 Å². The molecule has 3 atom stereocenters. The zero-order valence-electron chi connectivity index (χ0n) is 16.6.